The maximum absolute atomic E-state index is 13.3. The van der Waals surface area contributed by atoms with E-state index in [0.29, 0.717) is 11.1 Å². The van der Waals surface area contributed by atoms with Gasteiger partial charge in [-0.15, -0.1) is 0 Å². The number of ether oxygens (including phenoxy) is 2. The number of esters is 1. The Kier molecular flexibility index (Phi) is 5.53. The topological polar surface area (TPSA) is 55.8 Å². The Bertz CT molecular complexity index is 1030. The largest absolute Gasteiger partial charge is 0.467 e. The van der Waals surface area contributed by atoms with Crippen molar-refractivity contribution in [3.05, 3.63) is 106 Å². The zero-order chi connectivity index (χ0) is 21.4. The van der Waals surface area contributed by atoms with Crippen molar-refractivity contribution < 1.29 is 19.4 Å². The third kappa shape index (κ3) is 3.27. The summed E-state index contributed by atoms with van der Waals surface area (Å²) in [5.41, 5.74) is -0.223. The highest BCUT2D eigenvalue weighted by Crippen LogP contribution is 2.57. The van der Waals surface area contributed by atoms with Crippen LogP contribution in [0.3, 0.4) is 0 Å². The number of methoxy groups -OCH3 is 1. The second-order valence-electron chi connectivity index (χ2n) is 7.63. The van der Waals surface area contributed by atoms with E-state index >= 15 is 0 Å². The molecule has 5 heteroatoms. The molecule has 1 saturated heterocycles. The number of hydrogen-bond donors (Lipinski definition) is 1. The van der Waals surface area contributed by atoms with Crippen molar-refractivity contribution in [3.63, 3.8) is 0 Å². The maximum atomic E-state index is 13.3. The Morgan fingerprint density at radius 3 is 2.23 bits per heavy atom. The van der Waals surface area contributed by atoms with Gasteiger partial charge in [0.1, 0.15) is 5.60 Å². The number of carbonyl (C=O) groups excluding carboxylic acids is 1. The van der Waals surface area contributed by atoms with Gasteiger partial charge in [-0.3, -0.25) is 0 Å². The number of rotatable bonds is 4. The van der Waals surface area contributed by atoms with Gasteiger partial charge in [-0.1, -0.05) is 88.2 Å². The number of carbonyl (C=O) groups is 1. The molecule has 1 aliphatic heterocycles. The molecule has 0 radical (unpaired) electrons. The lowest BCUT2D eigenvalue weighted by atomic mass is 9.72. The van der Waals surface area contributed by atoms with Gasteiger partial charge < -0.3 is 14.6 Å². The molecule has 4 rings (SSSR count). The van der Waals surface area contributed by atoms with Crippen molar-refractivity contribution in [3.8, 4) is 0 Å². The van der Waals surface area contributed by atoms with E-state index in [9.17, 15) is 9.90 Å². The fourth-order valence-corrected chi connectivity index (χ4v) is 4.50. The predicted octanol–water partition coefficient (Wildman–Crippen LogP) is 5.18. The first kappa shape index (κ1) is 20.8. The minimum atomic E-state index is -1.70. The lowest BCUT2D eigenvalue weighted by Crippen LogP contribution is -2.52. The molecule has 3 aromatic rings. The molecule has 1 N–H and O–H groups in total. The fraction of sp³-hybridized carbons (Fsp3) is 0.240. The summed E-state index contributed by atoms with van der Waals surface area (Å²) < 4.78 is 12.6. The van der Waals surface area contributed by atoms with E-state index in [1.807, 2.05) is 85.8 Å². The Hall–Kier alpha value is -2.47. The number of aliphatic hydroxyl groups is 1. The molecule has 0 saturated carbocycles. The van der Waals surface area contributed by atoms with Crippen molar-refractivity contribution in [2.24, 2.45) is 0 Å². The SMILES string of the molecule is COC(=O)[C@@]1(c2ccc(C)cc2)O[C@H](c2ccc(Br)cc2)C[C@]1(O)c1ccccc1. The van der Waals surface area contributed by atoms with Gasteiger partial charge in [0.25, 0.3) is 0 Å². The molecule has 154 valence electrons. The summed E-state index contributed by atoms with van der Waals surface area (Å²) in [4.78, 5) is 13.3. The Morgan fingerprint density at radius 2 is 1.63 bits per heavy atom. The van der Waals surface area contributed by atoms with Gasteiger partial charge in [0.05, 0.1) is 13.2 Å². The van der Waals surface area contributed by atoms with Crippen LogP contribution in [-0.4, -0.2) is 18.2 Å². The predicted molar refractivity (Wildman–Crippen MR) is 118 cm³/mol. The van der Waals surface area contributed by atoms with Crippen LogP contribution in [0, 0.1) is 6.92 Å². The van der Waals surface area contributed by atoms with Gasteiger partial charge in [0, 0.05) is 10.9 Å². The molecular formula is C25H23BrO4. The van der Waals surface area contributed by atoms with Crippen LogP contribution in [0.25, 0.3) is 0 Å². The molecule has 0 aromatic heterocycles. The van der Waals surface area contributed by atoms with Crippen LogP contribution in [0.2, 0.25) is 0 Å². The lowest BCUT2D eigenvalue weighted by Gasteiger charge is -2.39. The van der Waals surface area contributed by atoms with Crippen molar-refractivity contribution in [2.75, 3.05) is 7.11 Å². The van der Waals surface area contributed by atoms with E-state index in [4.69, 9.17) is 9.47 Å². The van der Waals surface area contributed by atoms with Crippen LogP contribution >= 0.6 is 15.9 Å². The highest BCUT2D eigenvalue weighted by Gasteiger charge is 2.66. The molecule has 0 unspecified atom stereocenters. The monoisotopic (exact) mass is 466 g/mol. The van der Waals surface area contributed by atoms with E-state index < -0.39 is 23.3 Å². The van der Waals surface area contributed by atoms with Crippen LogP contribution in [0.15, 0.2) is 83.3 Å². The van der Waals surface area contributed by atoms with Gasteiger partial charge in [-0.05, 0) is 35.7 Å². The zero-order valence-electron chi connectivity index (χ0n) is 16.8. The third-order valence-corrected chi connectivity index (χ3v) is 6.34. The fourth-order valence-electron chi connectivity index (χ4n) is 4.24. The van der Waals surface area contributed by atoms with Crippen molar-refractivity contribution in [1.29, 1.82) is 0 Å². The normalized spacial score (nSPS) is 25.8. The van der Waals surface area contributed by atoms with Gasteiger partial charge in [-0.2, -0.15) is 0 Å². The van der Waals surface area contributed by atoms with Crippen LogP contribution in [0.5, 0.6) is 0 Å². The standard InChI is InChI=1S/C25H23BrO4/c1-17-8-12-20(13-9-17)25(23(27)29-2)24(28,19-6-4-3-5-7-19)16-22(30-25)18-10-14-21(26)15-11-18/h3-15,22,28H,16H2,1-2H3/t22-,24-,25+/m0/s1. The zero-order valence-corrected chi connectivity index (χ0v) is 18.4. The van der Waals surface area contributed by atoms with Gasteiger partial charge >= 0.3 is 5.97 Å². The lowest BCUT2D eigenvalue weighted by molar-refractivity contribution is -0.195. The highest BCUT2D eigenvalue weighted by molar-refractivity contribution is 9.10. The van der Waals surface area contributed by atoms with Crippen LogP contribution in [0.1, 0.15) is 34.8 Å². The Morgan fingerprint density at radius 1 is 1.00 bits per heavy atom. The molecule has 0 aliphatic carbocycles. The molecule has 0 bridgehead atoms. The minimum Gasteiger partial charge on any atom is -0.467 e. The molecule has 0 spiro atoms. The van der Waals surface area contributed by atoms with Crippen LogP contribution < -0.4 is 0 Å². The smallest absolute Gasteiger partial charge is 0.346 e. The highest BCUT2D eigenvalue weighted by atomic mass is 79.9. The van der Waals surface area contributed by atoms with E-state index in [2.05, 4.69) is 15.9 Å². The average Bonchev–Trinajstić information content (AvgIpc) is 3.10. The van der Waals surface area contributed by atoms with Gasteiger partial charge in [0.2, 0.25) is 5.60 Å². The van der Waals surface area contributed by atoms with Crippen LogP contribution in [-0.2, 0) is 25.5 Å². The minimum absolute atomic E-state index is 0.210. The summed E-state index contributed by atoms with van der Waals surface area (Å²) in [6.07, 6.45) is -0.287. The number of aryl methyl sites for hydroxylation is 1. The molecule has 3 atom stereocenters. The van der Waals surface area contributed by atoms with E-state index in [1.165, 1.54) is 7.11 Å². The molecule has 30 heavy (non-hydrogen) atoms. The van der Waals surface area contributed by atoms with E-state index in [0.717, 1.165) is 15.6 Å². The summed E-state index contributed by atoms with van der Waals surface area (Å²) in [6, 6.07) is 24.4. The van der Waals surface area contributed by atoms with Crippen molar-refractivity contribution in [2.45, 2.75) is 30.7 Å². The third-order valence-electron chi connectivity index (χ3n) is 5.81. The first-order valence-corrected chi connectivity index (χ1v) is 10.6. The molecule has 1 fully saturated rings. The van der Waals surface area contributed by atoms with E-state index in [1.54, 1.807) is 0 Å². The molecule has 4 nitrogen and oxygen atoms in total. The molecule has 1 aliphatic rings. The second kappa shape index (κ2) is 7.99. The summed E-state index contributed by atoms with van der Waals surface area (Å²) >= 11 is 3.45. The second-order valence-corrected chi connectivity index (χ2v) is 8.54. The molecule has 3 aromatic carbocycles. The summed E-state index contributed by atoms with van der Waals surface area (Å²) in [5.74, 6) is -0.627. The molecule has 0 amide bonds. The van der Waals surface area contributed by atoms with Gasteiger partial charge in [-0.25, -0.2) is 4.79 Å². The van der Waals surface area contributed by atoms with Gasteiger partial charge in [0.15, 0.2) is 0 Å². The molecule has 1 heterocycles. The van der Waals surface area contributed by atoms with Crippen molar-refractivity contribution >= 4 is 21.9 Å². The number of benzene rings is 3. The number of halogens is 1. The van der Waals surface area contributed by atoms with Crippen molar-refractivity contribution in [1.82, 2.24) is 0 Å². The maximum Gasteiger partial charge on any atom is 0.346 e. The average molecular weight is 467 g/mol. The first-order chi connectivity index (χ1) is 14.4. The number of hydrogen-bond acceptors (Lipinski definition) is 4. The Labute approximate surface area is 184 Å². The summed E-state index contributed by atoms with van der Waals surface area (Å²) in [5, 5.41) is 12.1. The van der Waals surface area contributed by atoms with Crippen LogP contribution in [0.4, 0.5) is 0 Å². The first-order valence-electron chi connectivity index (χ1n) is 9.77. The van der Waals surface area contributed by atoms with E-state index in [-0.39, 0.29) is 6.42 Å². The quantitative estimate of drug-likeness (QED) is 0.538. The summed E-state index contributed by atoms with van der Waals surface area (Å²) in [7, 11) is 1.32. The summed E-state index contributed by atoms with van der Waals surface area (Å²) in [6.45, 7) is 1.97. The Balaban J connectivity index is 1.94. The molecular weight excluding hydrogens is 444 g/mol.